The van der Waals surface area contributed by atoms with Gasteiger partial charge in [0.2, 0.25) is 5.91 Å². The molecule has 0 spiro atoms. The van der Waals surface area contributed by atoms with Crippen LogP contribution in [0.15, 0.2) is 6.20 Å². The first-order chi connectivity index (χ1) is 11.0. The van der Waals surface area contributed by atoms with Crippen molar-refractivity contribution in [1.29, 1.82) is 0 Å². The normalized spacial score (nSPS) is 27.6. The van der Waals surface area contributed by atoms with E-state index >= 15 is 0 Å². The minimum Gasteiger partial charge on any atom is -0.376 e. The minimum absolute atomic E-state index is 0.00749. The lowest BCUT2D eigenvalue weighted by Crippen LogP contribution is -2.60. The number of hydrogen-bond acceptors (Lipinski definition) is 5. The van der Waals surface area contributed by atoms with Crippen LogP contribution in [0.5, 0.6) is 0 Å². The molecule has 2 amide bonds. The first kappa shape index (κ1) is 16.1. The molecule has 0 radical (unpaired) electrons. The molecule has 2 aliphatic rings. The molecular formula is C15H19ClN4O3. The Bertz CT molecular complexity index is 619. The zero-order valence-electron chi connectivity index (χ0n) is 12.8. The number of nitrogens with zero attached hydrogens (tertiary/aromatic N) is 2. The molecule has 2 saturated heterocycles. The van der Waals surface area contributed by atoms with E-state index in [1.807, 2.05) is 0 Å². The van der Waals surface area contributed by atoms with Crippen molar-refractivity contribution in [3.8, 4) is 0 Å². The van der Waals surface area contributed by atoms with E-state index in [1.54, 1.807) is 6.92 Å². The average molecular weight is 339 g/mol. The van der Waals surface area contributed by atoms with Crippen LogP contribution in [0.2, 0.25) is 5.02 Å². The highest BCUT2D eigenvalue weighted by molar-refractivity contribution is 6.33. The second-order valence-electron chi connectivity index (χ2n) is 5.88. The Morgan fingerprint density at radius 3 is 3.04 bits per heavy atom. The Hall–Kier alpha value is -1.73. The minimum atomic E-state index is -0.357. The molecule has 1 unspecified atom stereocenters. The lowest BCUT2D eigenvalue weighted by molar-refractivity contribution is -0.125. The zero-order chi connectivity index (χ0) is 16.4. The number of nitrogens with one attached hydrogen (secondary N) is 2. The van der Waals surface area contributed by atoms with Gasteiger partial charge in [-0.15, -0.1) is 0 Å². The van der Waals surface area contributed by atoms with Crippen molar-refractivity contribution >= 4 is 23.4 Å². The van der Waals surface area contributed by atoms with Crippen LogP contribution in [0, 0.1) is 6.92 Å². The third kappa shape index (κ3) is 3.61. The van der Waals surface area contributed by atoms with E-state index in [2.05, 4.69) is 20.6 Å². The molecule has 0 aliphatic carbocycles. The fourth-order valence-corrected chi connectivity index (χ4v) is 3.25. The average Bonchev–Trinajstić information content (AvgIpc) is 3.05. The number of halogens is 1. The van der Waals surface area contributed by atoms with Crippen molar-refractivity contribution in [3.05, 3.63) is 22.7 Å². The molecule has 0 saturated carbocycles. The highest BCUT2D eigenvalue weighted by atomic mass is 35.5. The van der Waals surface area contributed by atoms with Gasteiger partial charge in [-0.2, -0.15) is 0 Å². The second kappa shape index (κ2) is 6.80. The maximum atomic E-state index is 12.5. The summed E-state index contributed by atoms with van der Waals surface area (Å²) < 4.78 is 5.68. The zero-order valence-corrected chi connectivity index (χ0v) is 13.6. The van der Waals surface area contributed by atoms with Crippen molar-refractivity contribution in [1.82, 2.24) is 20.6 Å². The Balaban J connectivity index is 1.75. The van der Waals surface area contributed by atoms with E-state index < -0.39 is 0 Å². The first-order valence-electron chi connectivity index (χ1n) is 7.75. The van der Waals surface area contributed by atoms with Gasteiger partial charge in [-0.05, 0) is 26.2 Å². The fourth-order valence-electron chi connectivity index (χ4n) is 3.08. The molecule has 0 bridgehead atoms. The molecule has 3 heterocycles. The number of aryl methyl sites for hydroxylation is 1. The fraction of sp³-hybridized carbons (Fsp3) is 0.600. The van der Waals surface area contributed by atoms with Gasteiger partial charge in [-0.3, -0.25) is 9.59 Å². The molecule has 3 atom stereocenters. The van der Waals surface area contributed by atoms with Crippen LogP contribution < -0.4 is 10.6 Å². The van der Waals surface area contributed by atoms with Crippen molar-refractivity contribution in [2.24, 2.45) is 0 Å². The van der Waals surface area contributed by atoms with Crippen LogP contribution in [0.1, 0.15) is 42.0 Å². The number of piperidine rings is 1. The number of hydrogen-bond donors (Lipinski definition) is 2. The Labute approximate surface area is 139 Å². The van der Waals surface area contributed by atoms with Crippen LogP contribution in [-0.2, 0) is 9.53 Å². The third-order valence-electron chi connectivity index (χ3n) is 4.21. The Morgan fingerprint density at radius 2 is 2.30 bits per heavy atom. The van der Waals surface area contributed by atoms with Gasteiger partial charge in [0.1, 0.15) is 11.5 Å². The van der Waals surface area contributed by atoms with E-state index in [0.29, 0.717) is 25.3 Å². The number of rotatable bonds is 3. The number of carbonyl (C=O) groups is 2. The summed E-state index contributed by atoms with van der Waals surface area (Å²) in [4.78, 5) is 32.3. The van der Waals surface area contributed by atoms with E-state index in [0.717, 1.165) is 12.8 Å². The number of aromatic nitrogens is 2. The number of carbonyl (C=O) groups excluding carboxylic acids is 2. The highest BCUT2D eigenvalue weighted by Crippen LogP contribution is 2.23. The van der Waals surface area contributed by atoms with E-state index in [9.17, 15) is 9.59 Å². The van der Waals surface area contributed by atoms with Gasteiger partial charge >= 0.3 is 0 Å². The maximum Gasteiger partial charge on any atom is 0.271 e. The van der Waals surface area contributed by atoms with Crippen molar-refractivity contribution in [2.75, 3.05) is 6.61 Å². The molecular weight excluding hydrogens is 320 g/mol. The summed E-state index contributed by atoms with van der Waals surface area (Å²) in [5, 5.41) is 6.10. The summed E-state index contributed by atoms with van der Waals surface area (Å²) in [5.41, 5.74) is 0.155. The Kier molecular flexibility index (Phi) is 4.77. The number of amides is 2. The highest BCUT2D eigenvalue weighted by Gasteiger charge is 2.38. The topological polar surface area (TPSA) is 93.2 Å². The maximum absolute atomic E-state index is 12.5. The predicted molar refractivity (Wildman–Crippen MR) is 83.2 cm³/mol. The van der Waals surface area contributed by atoms with Crippen molar-refractivity contribution < 1.29 is 14.3 Å². The van der Waals surface area contributed by atoms with E-state index in [-0.39, 0.29) is 40.7 Å². The molecule has 1 aromatic heterocycles. The summed E-state index contributed by atoms with van der Waals surface area (Å²) >= 11 is 6.02. The quantitative estimate of drug-likeness (QED) is 0.857. The molecule has 8 heteroatoms. The molecule has 2 N–H and O–H groups in total. The molecule has 124 valence electrons. The van der Waals surface area contributed by atoms with Gasteiger partial charge in [-0.25, -0.2) is 9.97 Å². The lowest BCUT2D eigenvalue weighted by Gasteiger charge is -2.36. The number of ether oxygens (including phenoxy) is 1. The van der Waals surface area contributed by atoms with Crippen molar-refractivity contribution in [2.45, 2.75) is 50.8 Å². The molecule has 0 aromatic carbocycles. The van der Waals surface area contributed by atoms with Gasteiger partial charge in [0.25, 0.3) is 5.91 Å². The Morgan fingerprint density at radius 1 is 1.48 bits per heavy atom. The summed E-state index contributed by atoms with van der Waals surface area (Å²) in [6.07, 6.45) is 4.15. The van der Waals surface area contributed by atoms with Crippen LogP contribution in [0.25, 0.3) is 0 Å². The van der Waals surface area contributed by atoms with Gasteiger partial charge in [0.05, 0.1) is 29.4 Å². The standard InChI is InChI=1S/C15H19ClN4O3/c1-8-17-7-9(16)13(18-8)15(22)19-10-4-5-12(21)20-14(10)11-3-2-6-23-11/h7,10-11,14H,2-6H2,1H3,(H,19,22)(H,20,21)/t10-,11?,14-/m0/s1. The summed E-state index contributed by atoms with van der Waals surface area (Å²) in [6.45, 7) is 2.39. The third-order valence-corrected chi connectivity index (χ3v) is 4.48. The second-order valence-corrected chi connectivity index (χ2v) is 6.28. The van der Waals surface area contributed by atoms with Gasteiger partial charge in [0, 0.05) is 13.0 Å². The molecule has 2 aliphatic heterocycles. The van der Waals surface area contributed by atoms with Crippen LogP contribution >= 0.6 is 11.6 Å². The summed E-state index contributed by atoms with van der Waals surface area (Å²) in [7, 11) is 0. The molecule has 3 rings (SSSR count). The molecule has 7 nitrogen and oxygen atoms in total. The molecule has 23 heavy (non-hydrogen) atoms. The van der Waals surface area contributed by atoms with E-state index in [1.165, 1.54) is 6.20 Å². The van der Waals surface area contributed by atoms with Crippen LogP contribution in [0.4, 0.5) is 0 Å². The first-order valence-corrected chi connectivity index (χ1v) is 8.13. The van der Waals surface area contributed by atoms with Crippen molar-refractivity contribution in [3.63, 3.8) is 0 Å². The predicted octanol–water partition coefficient (Wildman–Crippen LogP) is 0.994. The van der Waals surface area contributed by atoms with E-state index in [4.69, 9.17) is 16.3 Å². The SMILES string of the molecule is Cc1ncc(Cl)c(C(=O)N[C@H]2CCC(=O)N[C@@H]2C2CCCO2)n1. The lowest BCUT2D eigenvalue weighted by atomic mass is 9.92. The molecule has 1 aromatic rings. The van der Waals surface area contributed by atoms with Crippen LogP contribution in [-0.4, -0.2) is 46.6 Å². The summed E-state index contributed by atoms with van der Waals surface area (Å²) in [5.74, 6) is 0.115. The molecule has 2 fully saturated rings. The van der Waals surface area contributed by atoms with Gasteiger partial charge in [0.15, 0.2) is 0 Å². The monoisotopic (exact) mass is 338 g/mol. The van der Waals surface area contributed by atoms with Gasteiger partial charge in [-0.1, -0.05) is 11.6 Å². The smallest absolute Gasteiger partial charge is 0.271 e. The summed E-state index contributed by atoms with van der Waals surface area (Å²) in [6, 6.07) is -0.418. The van der Waals surface area contributed by atoms with Crippen LogP contribution in [0.3, 0.4) is 0 Å². The largest absolute Gasteiger partial charge is 0.376 e. The van der Waals surface area contributed by atoms with Gasteiger partial charge < -0.3 is 15.4 Å².